The second-order valence-corrected chi connectivity index (χ2v) is 5.42. The molecule has 1 heterocycles. The molecule has 114 valence electrons. The van der Waals surface area contributed by atoms with E-state index < -0.39 is 18.6 Å². The second kappa shape index (κ2) is 6.75. The number of benzene rings is 1. The first kappa shape index (κ1) is 15.6. The van der Waals surface area contributed by atoms with Crippen LogP contribution in [0.25, 0.3) is 0 Å². The molecule has 1 aromatic carbocycles. The van der Waals surface area contributed by atoms with E-state index in [1.165, 1.54) is 40.9 Å². The lowest BCUT2D eigenvalue weighted by Crippen LogP contribution is -2.42. The van der Waals surface area contributed by atoms with Crippen LogP contribution >= 0.6 is 11.8 Å². The van der Waals surface area contributed by atoms with Crippen LogP contribution in [0, 0.1) is 0 Å². The van der Waals surface area contributed by atoms with Crippen molar-refractivity contribution >= 4 is 23.6 Å². The van der Waals surface area contributed by atoms with E-state index in [4.69, 9.17) is 5.11 Å². The minimum atomic E-state index is -2.89. The number of carboxylic acid groups (broad SMARTS) is 1. The molecule has 0 saturated carbocycles. The maximum absolute atomic E-state index is 12.1. The molecule has 21 heavy (non-hydrogen) atoms. The van der Waals surface area contributed by atoms with Crippen LogP contribution in [0.3, 0.4) is 0 Å². The Balaban J connectivity index is 1.97. The summed E-state index contributed by atoms with van der Waals surface area (Å²) < 4.78 is 28.2. The van der Waals surface area contributed by atoms with Gasteiger partial charge in [0.2, 0.25) is 5.91 Å². The molecule has 1 fully saturated rings. The fraction of sp³-hybridized carbons (Fsp3) is 0.385. The summed E-state index contributed by atoms with van der Waals surface area (Å²) in [5.41, 5.74) is 0.614. The largest absolute Gasteiger partial charge is 0.480 e. The van der Waals surface area contributed by atoms with Gasteiger partial charge in [-0.25, -0.2) is 4.79 Å². The van der Waals surface area contributed by atoms with Gasteiger partial charge in [-0.2, -0.15) is 8.78 Å². The van der Waals surface area contributed by atoms with Gasteiger partial charge in [0.05, 0.1) is 12.3 Å². The van der Waals surface area contributed by atoms with E-state index in [2.05, 4.69) is 4.74 Å². The molecule has 0 bridgehead atoms. The molecule has 1 saturated heterocycles. The first-order chi connectivity index (χ1) is 9.97. The monoisotopic (exact) mass is 317 g/mol. The van der Waals surface area contributed by atoms with E-state index in [0.717, 1.165) is 0 Å². The summed E-state index contributed by atoms with van der Waals surface area (Å²) in [6.07, 6.45) is 0.0271. The van der Waals surface area contributed by atoms with Crippen molar-refractivity contribution in [3.05, 3.63) is 29.8 Å². The Hall–Kier alpha value is -1.83. The predicted octanol–water partition coefficient (Wildman–Crippen LogP) is 1.82. The number of carbonyl (C=O) groups excluding carboxylic acids is 1. The molecule has 8 heteroatoms. The Morgan fingerprint density at radius 2 is 2.05 bits per heavy atom. The van der Waals surface area contributed by atoms with Crippen molar-refractivity contribution in [1.29, 1.82) is 0 Å². The molecule has 0 spiro atoms. The van der Waals surface area contributed by atoms with Crippen LogP contribution < -0.4 is 4.74 Å². The van der Waals surface area contributed by atoms with Crippen LogP contribution in [-0.4, -0.2) is 46.2 Å². The third kappa shape index (κ3) is 4.07. The number of ether oxygens (including phenoxy) is 1. The minimum Gasteiger partial charge on any atom is -0.480 e. The van der Waals surface area contributed by atoms with Gasteiger partial charge in [-0.05, 0) is 17.7 Å². The number of amides is 1. The van der Waals surface area contributed by atoms with Gasteiger partial charge >= 0.3 is 12.6 Å². The van der Waals surface area contributed by atoms with Crippen molar-refractivity contribution in [2.75, 3.05) is 11.6 Å². The maximum Gasteiger partial charge on any atom is 0.387 e. The third-order valence-corrected chi connectivity index (χ3v) is 4.00. The molecule has 1 aliphatic heterocycles. The molecule has 1 N–H and O–H groups in total. The highest BCUT2D eigenvalue weighted by Gasteiger charge is 2.34. The smallest absolute Gasteiger partial charge is 0.387 e. The van der Waals surface area contributed by atoms with Crippen molar-refractivity contribution in [2.45, 2.75) is 19.1 Å². The Kier molecular flexibility index (Phi) is 5.00. The Morgan fingerprint density at radius 3 is 2.62 bits per heavy atom. The molecule has 5 nitrogen and oxygen atoms in total. The number of carbonyl (C=O) groups is 2. The van der Waals surface area contributed by atoms with Gasteiger partial charge in [0.25, 0.3) is 0 Å². The molecule has 1 aliphatic rings. The predicted molar refractivity (Wildman–Crippen MR) is 72.4 cm³/mol. The third-order valence-electron chi connectivity index (χ3n) is 2.99. The molecule has 0 radical (unpaired) electrons. The van der Waals surface area contributed by atoms with E-state index in [1.807, 2.05) is 0 Å². The van der Waals surface area contributed by atoms with Crippen molar-refractivity contribution in [3.8, 4) is 5.75 Å². The Morgan fingerprint density at radius 1 is 1.38 bits per heavy atom. The summed E-state index contributed by atoms with van der Waals surface area (Å²) in [5.74, 6) is -0.574. The van der Waals surface area contributed by atoms with Crippen LogP contribution in [0.1, 0.15) is 5.56 Å². The highest BCUT2D eigenvalue weighted by molar-refractivity contribution is 7.99. The molecule has 1 aromatic rings. The standard InChI is InChI=1S/C13H13F2NO4S/c14-13(15)20-9-3-1-8(2-4-9)5-11(17)16-7-21-6-10(16)12(18)19/h1-4,10,13H,5-7H2,(H,18,19). The average Bonchev–Trinajstić information content (AvgIpc) is 2.90. The van der Waals surface area contributed by atoms with Gasteiger partial charge in [0, 0.05) is 5.75 Å². The summed E-state index contributed by atoms with van der Waals surface area (Å²) in [5, 5.41) is 9.02. The molecule has 0 aliphatic carbocycles. The summed E-state index contributed by atoms with van der Waals surface area (Å²) in [4.78, 5) is 24.4. The van der Waals surface area contributed by atoms with E-state index in [1.54, 1.807) is 0 Å². The molecule has 1 atom stereocenters. The maximum atomic E-state index is 12.1. The molecular formula is C13H13F2NO4S. The summed E-state index contributed by atoms with van der Waals surface area (Å²) in [6, 6.07) is 4.91. The van der Waals surface area contributed by atoms with Gasteiger partial charge < -0.3 is 14.7 Å². The lowest BCUT2D eigenvalue weighted by Gasteiger charge is -2.20. The van der Waals surface area contributed by atoms with Crippen LogP contribution in [-0.2, 0) is 16.0 Å². The van der Waals surface area contributed by atoms with Crippen molar-refractivity contribution in [1.82, 2.24) is 4.90 Å². The molecule has 2 rings (SSSR count). The van der Waals surface area contributed by atoms with Crippen molar-refractivity contribution in [3.63, 3.8) is 0 Å². The average molecular weight is 317 g/mol. The van der Waals surface area contributed by atoms with Gasteiger partial charge in [-0.15, -0.1) is 11.8 Å². The van der Waals surface area contributed by atoms with Gasteiger partial charge in [0.1, 0.15) is 11.8 Å². The zero-order chi connectivity index (χ0) is 15.4. The quantitative estimate of drug-likeness (QED) is 0.897. The number of hydrogen-bond acceptors (Lipinski definition) is 4. The number of halogens is 2. The first-order valence-corrected chi connectivity index (χ1v) is 7.26. The molecule has 1 amide bonds. The summed E-state index contributed by atoms with van der Waals surface area (Å²) in [7, 11) is 0. The van der Waals surface area contributed by atoms with Crippen LogP contribution in [0.5, 0.6) is 5.75 Å². The van der Waals surface area contributed by atoms with Crippen molar-refractivity contribution < 1.29 is 28.2 Å². The zero-order valence-corrected chi connectivity index (χ0v) is 11.7. The van der Waals surface area contributed by atoms with Gasteiger partial charge in [0.15, 0.2) is 0 Å². The number of alkyl halides is 2. The fourth-order valence-corrected chi connectivity index (χ4v) is 3.13. The van der Waals surface area contributed by atoms with E-state index in [9.17, 15) is 18.4 Å². The zero-order valence-electron chi connectivity index (χ0n) is 10.9. The number of carboxylic acids is 1. The molecule has 0 aromatic heterocycles. The normalized spacial score (nSPS) is 18.0. The number of nitrogens with zero attached hydrogens (tertiary/aromatic N) is 1. The van der Waals surface area contributed by atoms with Crippen LogP contribution in [0.2, 0.25) is 0 Å². The fourth-order valence-electron chi connectivity index (χ4n) is 1.96. The number of hydrogen-bond donors (Lipinski definition) is 1. The van der Waals surface area contributed by atoms with Crippen molar-refractivity contribution in [2.24, 2.45) is 0 Å². The van der Waals surface area contributed by atoms with Gasteiger partial charge in [-0.3, -0.25) is 4.79 Å². The van der Waals surface area contributed by atoms with E-state index in [-0.39, 0.29) is 18.1 Å². The number of thioether (sulfide) groups is 1. The van der Waals surface area contributed by atoms with E-state index in [0.29, 0.717) is 17.2 Å². The highest BCUT2D eigenvalue weighted by atomic mass is 32.2. The number of rotatable bonds is 5. The van der Waals surface area contributed by atoms with E-state index >= 15 is 0 Å². The summed E-state index contributed by atoms with van der Waals surface area (Å²) >= 11 is 1.39. The van der Waals surface area contributed by atoms with Crippen LogP contribution in [0.15, 0.2) is 24.3 Å². The Bertz CT molecular complexity index is 523. The molecule has 1 unspecified atom stereocenters. The highest BCUT2D eigenvalue weighted by Crippen LogP contribution is 2.22. The SMILES string of the molecule is O=C(O)C1CSCN1C(=O)Cc1ccc(OC(F)F)cc1. The minimum absolute atomic E-state index is 0.0151. The van der Waals surface area contributed by atoms with Gasteiger partial charge in [-0.1, -0.05) is 12.1 Å². The van der Waals surface area contributed by atoms with Crippen LogP contribution in [0.4, 0.5) is 8.78 Å². The lowest BCUT2D eigenvalue weighted by atomic mass is 10.1. The molecular weight excluding hydrogens is 304 g/mol. The Labute approximate surface area is 123 Å². The number of aliphatic carboxylic acids is 1. The lowest BCUT2D eigenvalue weighted by molar-refractivity contribution is -0.147. The summed E-state index contributed by atoms with van der Waals surface area (Å²) in [6.45, 7) is -2.89. The first-order valence-electron chi connectivity index (χ1n) is 6.11. The topological polar surface area (TPSA) is 66.8 Å². The second-order valence-electron chi connectivity index (χ2n) is 4.42.